The lowest BCUT2D eigenvalue weighted by molar-refractivity contribution is -0.167. The molecule has 3 unspecified atom stereocenters. The average Bonchev–Trinajstić information content (AvgIpc) is 3.50. The molecule has 4 amide bonds. The van der Waals surface area contributed by atoms with Crippen LogP contribution in [0.15, 0.2) is 77.2 Å². The van der Waals surface area contributed by atoms with Gasteiger partial charge in [0.2, 0.25) is 23.6 Å². The van der Waals surface area contributed by atoms with Crippen LogP contribution in [0.4, 0.5) is 5.69 Å². The number of rotatable bonds is 4. The van der Waals surface area contributed by atoms with Crippen molar-refractivity contribution in [3.8, 4) is 0 Å². The molecule has 0 spiro atoms. The number of aryl methyl sites for hydroxylation is 1. The van der Waals surface area contributed by atoms with Crippen molar-refractivity contribution < 1.29 is 23.6 Å². The van der Waals surface area contributed by atoms with Crippen molar-refractivity contribution in [2.24, 2.45) is 11.8 Å². The zero-order chi connectivity index (χ0) is 25.2. The van der Waals surface area contributed by atoms with E-state index in [-0.39, 0.29) is 24.9 Å². The van der Waals surface area contributed by atoms with Gasteiger partial charge in [0.25, 0.3) is 0 Å². The molecule has 3 aliphatic heterocycles. The maximum Gasteiger partial charge on any atom is 0.249 e. The summed E-state index contributed by atoms with van der Waals surface area (Å²) in [6.45, 7) is 3.50. The van der Waals surface area contributed by atoms with E-state index < -0.39 is 35.2 Å². The summed E-state index contributed by atoms with van der Waals surface area (Å²) in [6, 6.07) is 20.7. The third-order valence-corrected chi connectivity index (χ3v) is 7.67. The fraction of sp³-hybridized carbons (Fsp3) is 0.286. The Morgan fingerprint density at radius 1 is 0.889 bits per heavy atom. The molecule has 36 heavy (non-hydrogen) atoms. The molecule has 1 aromatic heterocycles. The van der Waals surface area contributed by atoms with Crippen LogP contribution in [0.1, 0.15) is 30.0 Å². The van der Waals surface area contributed by atoms with Gasteiger partial charge in [-0.2, -0.15) is 0 Å². The number of hydrogen-bond donors (Lipinski definition) is 0. The molecule has 8 heteroatoms. The molecule has 4 heterocycles. The predicted octanol–water partition coefficient (Wildman–Crippen LogP) is 3.08. The van der Waals surface area contributed by atoms with E-state index in [1.807, 2.05) is 30.3 Å². The summed E-state index contributed by atoms with van der Waals surface area (Å²) < 4.78 is 5.90. The van der Waals surface area contributed by atoms with E-state index in [0.29, 0.717) is 17.2 Å². The lowest BCUT2D eigenvalue weighted by Crippen LogP contribution is -2.67. The lowest BCUT2D eigenvalue weighted by atomic mass is 9.79. The van der Waals surface area contributed by atoms with Crippen LogP contribution in [-0.2, 0) is 25.7 Å². The van der Waals surface area contributed by atoms with Crippen molar-refractivity contribution in [3.63, 3.8) is 0 Å². The van der Waals surface area contributed by atoms with Gasteiger partial charge in [0, 0.05) is 6.54 Å². The topological polar surface area (TPSA) is 91.1 Å². The van der Waals surface area contributed by atoms with Crippen molar-refractivity contribution in [2.45, 2.75) is 32.0 Å². The van der Waals surface area contributed by atoms with Crippen LogP contribution >= 0.6 is 0 Å². The first-order chi connectivity index (χ1) is 17.3. The minimum absolute atomic E-state index is 0.135. The van der Waals surface area contributed by atoms with Gasteiger partial charge in [-0.1, -0.05) is 48.5 Å². The van der Waals surface area contributed by atoms with E-state index in [0.717, 1.165) is 10.5 Å². The molecule has 6 rings (SSSR count). The fourth-order valence-electron chi connectivity index (χ4n) is 6.16. The van der Waals surface area contributed by atoms with Crippen LogP contribution in [0.5, 0.6) is 0 Å². The minimum Gasteiger partial charge on any atom is -0.464 e. The number of imide groups is 1. The number of piperazine rings is 1. The maximum atomic E-state index is 14.1. The Hall–Kier alpha value is -4.20. The highest BCUT2D eigenvalue weighted by atomic mass is 16.3. The van der Waals surface area contributed by atoms with E-state index in [4.69, 9.17) is 4.42 Å². The molecular weight excluding hydrogens is 458 g/mol. The van der Waals surface area contributed by atoms with E-state index in [1.54, 1.807) is 56.3 Å². The summed E-state index contributed by atoms with van der Waals surface area (Å²) in [6.07, 6.45) is 0. The van der Waals surface area contributed by atoms with Crippen molar-refractivity contribution in [3.05, 3.63) is 89.9 Å². The van der Waals surface area contributed by atoms with Crippen LogP contribution in [0.2, 0.25) is 0 Å². The highest BCUT2D eigenvalue weighted by molar-refractivity contribution is 6.25. The van der Waals surface area contributed by atoms with Crippen molar-refractivity contribution in [1.82, 2.24) is 9.80 Å². The first-order valence-corrected chi connectivity index (χ1v) is 12.0. The Labute approximate surface area is 208 Å². The first-order valence-electron chi connectivity index (χ1n) is 12.0. The number of carbonyl (C=O) groups excluding carboxylic acids is 4. The fourth-order valence-corrected chi connectivity index (χ4v) is 6.16. The largest absolute Gasteiger partial charge is 0.464 e. The Balaban J connectivity index is 1.48. The lowest BCUT2D eigenvalue weighted by Gasteiger charge is -2.46. The number of hydrogen-bond acceptors (Lipinski definition) is 5. The van der Waals surface area contributed by atoms with Crippen LogP contribution in [-0.4, -0.2) is 45.5 Å². The summed E-state index contributed by atoms with van der Waals surface area (Å²) in [4.78, 5) is 59.7. The minimum atomic E-state index is -1.53. The van der Waals surface area contributed by atoms with Crippen molar-refractivity contribution >= 4 is 29.3 Å². The second-order valence-corrected chi connectivity index (χ2v) is 9.80. The monoisotopic (exact) mass is 483 g/mol. The molecule has 3 aromatic rings. The highest BCUT2D eigenvalue weighted by Crippen LogP contribution is 2.57. The second kappa shape index (κ2) is 7.91. The Kier molecular flexibility index (Phi) is 4.90. The Morgan fingerprint density at radius 2 is 1.56 bits per heavy atom. The Bertz CT molecular complexity index is 1380. The van der Waals surface area contributed by atoms with Crippen molar-refractivity contribution in [2.75, 3.05) is 11.4 Å². The molecule has 0 bridgehead atoms. The summed E-state index contributed by atoms with van der Waals surface area (Å²) in [7, 11) is 0. The predicted molar refractivity (Wildman–Crippen MR) is 129 cm³/mol. The van der Waals surface area contributed by atoms with E-state index in [9.17, 15) is 19.2 Å². The molecule has 0 N–H and O–H groups in total. The van der Waals surface area contributed by atoms with Gasteiger partial charge in [-0.05, 0) is 43.7 Å². The zero-order valence-corrected chi connectivity index (χ0v) is 20.0. The van der Waals surface area contributed by atoms with Gasteiger partial charge >= 0.3 is 0 Å². The number of benzene rings is 2. The molecule has 0 radical (unpaired) electrons. The third-order valence-electron chi connectivity index (χ3n) is 7.67. The number of anilines is 1. The summed E-state index contributed by atoms with van der Waals surface area (Å²) >= 11 is 0. The molecule has 3 aliphatic rings. The second-order valence-electron chi connectivity index (χ2n) is 9.80. The average molecular weight is 484 g/mol. The molecular formula is C28H25N3O5. The summed E-state index contributed by atoms with van der Waals surface area (Å²) in [5, 5.41) is 0. The molecule has 2 aromatic carbocycles. The van der Waals surface area contributed by atoms with E-state index in [1.165, 1.54) is 9.80 Å². The van der Waals surface area contributed by atoms with Crippen LogP contribution in [0.3, 0.4) is 0 Å². The molecule has 4 atom stereocenters. The number of nitrogens with zero attached hydrogens (tertiary/aromatic N) is 3. The first kappa shape index (κ1) is 22.3. The number of fused-ring (bicyclic) bond motifs is 3. The van der Waals surface area contributed by atoms with Gasteiger partial charge < -0.3 is 14.2 Å². The maximum absolute atomic E-state index is 14.1. The van der Waals surface area contributed by atoms with E-state index >= 15 is 0 Å². The third kappa shape index (κ3) is 3.00. The molecule has 3 saturated heterocycles. The van der Waals surface area contributed by atoms with Crippen LogP contribution < -0.4 is 4.90 Å². The van der Waals surface area contributed by atoms with Gasteiger partial charge in [0.1, 0.15) is 29.6 Å². The summed E-state index contributed by atoms with van der Waals surface area (Å²) in [5.74, 6) is -2.50. The van der Waals surface area contributed by atoms with Gasteiger partial charge in [-0.3, -0.25) is 19.2 Å². The Morgan fingerprint density at radius 3 is 2.19 bits per heavy atom. The molecule has 0 aliphatic carbocycles. The normalized spacial score (nSPS) is 27.6. The number of carbonyl (C=O) groups is 4. The number of furan rings is 1. The van der Waals surface area contributed by atoms with E-state index in [2.05, 4.69) is 0 Å². The van der Waals surface area contributed by atoms with Crippen molar-refractivity contribution in [1.29, 1.82) is 0 Å². The SMILES string of the molecule is Cc1ccc(C2C3C(=O)N(c4ccccc4)C(=O)C3[C@]3(C)C(=O)N(Cc4ccccc4)CC(=O)N23)o1. The van der Waals surface area contributed by atoms with Crippen LogP contribution in [0, 0.1) is 18.8 Å². The van der Waals surface area contributed by atoms with Gasteiger partial charge in [-0.25, -0.2) is 4.90 Å². The molecule has 3 fully saturated rings. The van der Waals surface area contributed by atoms with Gasteiger partial charge in [-0.15, -0.1) is 0 Å². The standard InChI is InChI=1S/C28H25N3O5/c1-17-13-14-20(36-17)24-22-23(26(34)30(25(22)33)19-11-7-4-8-12-19)28(2)27(35)29(16-21(32)31(24)28)15-18-9-5-3-6-10-18/h3-14,22-24H,15-16H2,1-2H3/t22?,23?,24?,28-/m1/s1. The van der Waals surface area contributed by atoms with Gasteiger partial charge in [0.05, 0.1) is 17.5 Å². The quantitative estimate of drug-likeness (QED) is 0.532. The summed E-state index contributed by atoms with van der Waals surface area (Å²) in [5.41, 5.74) is -0.207. The smallest absolute Gasteiger partial charge is 0.249 e. The number of amides is 4. The molecule has 0 saturated carbocycles. The molecule has 8 nitrogen and oxygen atoms in total. The zero-order valence-electron chi connectivity index (χ0n) is 20.0. The molecule has 182 valence electrons. The number of para-hydroxylation sites is 1. The van der Waals surface area contributed by atoms with Crippen LogP contribution in [0.25, 0.3) is 0 Å². The van der Waals surface area contributed by atoms with Gasteiger partial charge in [0.15, 0.2) is 0 Å². The highest BCUT2D eigenvalue weighted by Gasteiger charge is 2.73.